The maximum Gasteiger partial charge on any atom is 0.168 e. The van der Waals surface area contributed by atoms with Crippen molar-refractivity contribution in [2.24, 2.45) is 5.73 Å². The van der Waals surface area contributed by atoms with Crippen LogP contribution in [0.4, 0.5) is 5.69 Å². The van der Waals surface area contributed by atoms with E-state index in [2.05, 4.69) is 5.32 Å². The number of carbonyl (C=O) groups excluding carboxylic acids is 1. The van der Waals surface area contributed by atoms with Gasteiger partial charge in [0.15, 0.2) is 5.11 Å². The number of rotatable bonds is 5. The highest BCUT2D eigenvalue weighted by Crippen LogP contribution is 2.24. The van der Waals surface area contributed by atoms with Crippen molar-refractivity contribution in [3.05, 3.63) is 42.2 Å². The molecule has 0 atom stereocenters. The lowest BCUT2D eigenvalue weighted by molar-refractivity contribution is -0.107. The number of carbonyl (C=O) groups is 1. The van der Waals surface area contributed by atoms with E-state index in [1.807, 2.05) is 36.4 Å². The molecule has 0 spiro atoms. The van der Waals surface area contributed by atoms with Gasteiger partial charge in [-0.2, -0.15) is 0 Å². The second-order valence-corrected chi connectivity index (χ2v) is 4.48. The van der Waals surface area contributed by atoms with E-state index in [-0.39, 0.29) is 5.11 Å². The first-order chi connectivity index (χ1) is 9.19. The Morgan fingerprint density at radius 1 is 1.26 bits per heavy atom. The first kappa shape index (κ1) is 13.3. The minimum absolute atomic E-state index is 0.238. The molecule has 0 saturated carbocycles. The van der Waals surface area contributed by atoms with Crippen LogP contribution < -0.4 is 11.1 Å². The molecule has 0 saturated heterocycles. The van der Waals surface area contributed by atoms with Gasteiger partial charge in [-0.1, -0.05) is 0 Å². The summed E-state index contributed by atoms with van der Waals surface area (Å²) >= 11 is 4.77. The minimum atomic E-state index is 0.238. The highest BCUT2D eigenvalue weighted by Gasteiger charge is 2.04. The number of furan rings is 1. The third-order valence-electron chi connectivity index (χ3n) is 2.61. The van der Waals surface area contributed by atoms with E-state index < -0.39 is 0 Å². The molecular formula is C14H14N2O2S. The number of benzene rings is 1. The Labute approximate surface area is 116 Å². The molecule has 0 aliphatic carbocycles. The van der Waals surface area contributed by atoms with E-state index in [1.165, 1.54) is 0 Å². The minimum Gasteiger partial charge on any atom is -0.461 e. The van der Waals surface area contributed by atoms with Gasteiger partial charge in [0.2, 0.25) is 0 Å². The predicted octanol–water partition coefficient (Wildman–Crippen LogP) is 2.73. The highest BCUT2D eigenvalue weighted by molar-refractivity contribution is 7.80. The van der Waals surface area contributed by atoms with E-state index in [0.29, 0.717) is 12.8 Å². The highest BCUT2D eigenvalue weighted by atomic mass is 32.1. The molecule has 0 aliphatic heterocycles. The van der Waals surface area contributed by atoms with Gasteiger partial charge in [-0.15, -0.1) is 0 Å². The summed E-state index contributed by atoms with van der Waals surface area (Å²) in [7, 11) is 0. The Morgan fingerprint density at radius 2 is 2.00 bits per heavy atom. The lowest BCUT2D eigenvalue weighted by Gasteiger charge is -2.04. The van der Waals surface area contributed by atoms with Gasteiger partial charge in [0.1, 0.15) is 17.8 Å². The Hall–Kier alpha value is -2.14. The zero-order valence-corrected chi connectivity index (χ0v) is 11.1. The second kappa shape index (κ2) is 6.15. The lowest BCUT2D eigenvalue weighted by Crippen LogP contribution is -2.18. The van der Waals surface area contributed by atoms with Crippen LogP contribution in [-0.4, -0.2) is 11.4 Å². The maximum absolute atomic E-state index is 10.3. The Kier molecular flexibility index (Phi) is 4.30. The fraction of sp³-hybridized carbons (Fsp3) is 0.143. The second-order valence-electron chi connectivity index (χ2n) is 4.04. The summed E-state index contributed by atoms with van der Waals surface area (Å²) in [6.07, 6.45) is 1.99. The molecule has 4 nitrogen and oxygen atoms in total. The number of anilines is 1. The van der Waals surface area contributed by atoms with Crippen LogP contribution in [0, 0.1) is 0 Å². The van der Waals surface area contributed by atoms with Crippen molar-refractivity contribution >= 4 is 29.3 Å². The molecular weight excluding hydrogens is 260 g/mol. The molecule has 0 radical (unpaired) electrons. The fourth-order valence-corrected chi connectivity index (χ4v) is 1.85. The van der Waals surface area contributed by atoms with Crippen molar-refractivity contribution < 1.29 is 9.21 Å². The largest absolute Gasteiger partial charge is 0.461 e. The molecule has 0 aliphatic rings. The summed E-state index contributed by atoms with van der Waals surface area (Å²) in [6, 6.07) is 11.4. The molecule has 1 heterocycles. The van der Waals surface area contributed by atoms with E-state index in [4.69, 9.17) is 22.4 Å². The first-order valence-corrected chi connectivity index (χ1v) is 6.29. The first-order valence-electron chi connectivity index (χ1n) is 5.88. The van der Waals surface area contributed by atoms with Gasteiger partial charge in [0.05, 0.1) is 0 Å². The van der Waals surface area contributed by atoms with Crippen molar-refractivity contribution in [2.45, 2.75) is 12.8 Å². The fourth-order valence-electron chi connectivity index (χ4n) is 1.73. The third-order valence-corrected chi connectivity index (χ3v) is 2.71. The van der Waals surface area contributed by atoms with Crippen LogP contribution in [0.2, 0.25) is 0 Å². The third kappa shape index (κ3) is 3.66. The Morgan fingerprint density at radius 3 is 2.63 bits per heavy atom. The zero-order valence-electron chi connectivity index (χ0n) is 10.3. The summed E-state index contributed by atoms with van der Waals surface area (Å²) in [5.41, 5.74) is 7.20. The van der Waals surface area contributed by atoms with Crippen molar-refractivity contribution in [1.82, 2.24) is 0 Å². The monoisotopic (exact) mass is 274 g/mol. The predicted molar refractivity (Wildman–Crippen MR) is 78.9 cm³/mol. The van der Waals surface area contributed by atoms with E-state index >= 15 is 0 Å². The molecule has 98 valence electrons. The average molecular weight is 274 g/mol. The van der Waals surface area contributed by atoms with Crippen molar-refractivity contribution in [2.75, 3.05) is 5.32 Å². The maximum atomic E-state index is 10.3. The number of aldehydes is 1. The van der Waals surface area contributed by atoms with Crippen LogP contribution in [0.1, 0.15) is 12.2 Å². The smallest absolute Gasteiger partial charge is 0.168 e. The van der Waals surface area contributed by atoms with Crippen LogP contribution >= 0.6 is 12.2 Å². The number of nitrogens with one attached hydrogen (secondary N) is 1. The molecule has 2 aromatic rings. The molecule has 0 bridgehead atoms. The van der Waals surface area contributed by atoms with Crippen molar-refractivity contribution in [1.29, 1.82) is 0 Å². The summed E-state index contributed by atoms with van der Waals surface area (Å²) in [5.74, 6) is 1.59. The standard InChI is InChI=1S/C14H14N2O2S/c15-14(19)16-11-5-3-10(4-6-11)13-8-7-12(18-13)2-1-9-17/h3-9H,1-2H2,(H3,15,16,19). The number of hydrogen-bond acceptors (Lipinski definition) is 3. The lowest BCUT2D eigenvalue weighted by atomic mass is 10.1. The van der Waals surface area contributed by atoms with E-state index in [1.54, 1.807) is 0 Å². The van der Waals surface area contributed by atoms with E-state index in [0.717, 1.165) is 29.1 Å². The molecule has 2 rings (SSSR count). The molecule has 5 heteroatoms. The zero-order chi connectivity index (χ0) is 13.7. The van der Waals surface area contributed by atoms with Crippen LogP contribution in [0.3, 0.4) is 0 Å². The summed E-state index contributed by atoms with van der Waals surface area (Å²) in [4.78, 5) is 10.3. The van der Waals surface area contributed by atoms with Crippen LogP contribution in [0.25, 0.3) is 11.3 Å². The number of aryl methyl sites for hydroxylation is 1. The topological polar surface area (TPSA) is 68.3 Å². The molecule has 0 amide bonds. The molecule has 1 aromatic heterocycles. The SMILES string of the molecule is NC(=S)Nc1ccc(-c2ccc(CCC=O)o2)cc1. The molecule has 3 N–H and O–H groups in total. The molecule has 0 unspecified atom stereocenters. The molecule has 0 fully saturated rings. The van der Waals surface area contributed by atoms with Gasteiger partial charge >= 0.3 is 0 Å². The number of hydrogen-bond donors (Lipinski definition) is 2. The van der Waals surface area contributed by atoms with Crippen LogP contribution in [-0.2, 0) is 11.2 Å². The normalized spacial score (nSPS) is 10.1. The van der Waals surface area contributed by atoms with Crippen molar-refractivity contribution in [3.63, 3.8) is 0 Å². The van der Waals surface area contributed by atoms with E-state index in [9.17, 15) is 4.79 Å². The van der Waals surface area contributed by atoms with Gasteiger partial charge in [-0.3, -0.25) is 0 Å². The number of thiocarbonyl (C=S) groups is 1. The van der Waals surface area contributed by atoms with Gasteiger partial charge in [-0.25, -0.2) is 0 Å². The van der Waals surface area contributed by atoms with Gasteiger partial charge < -0.3 is 20.3 Å². The summed E-state index contributed by atoms with van der Waals surface area (Å²) in [5, 5.41) is 3.09. The van der Waals surface area contributed by atoms with Gasteiger partial charge in [-0.05, 0) is 48.6 Å². The average Bonchev–Trinajstić information content (AvgIpc) is 2.85. The molecule has 1 aromatic carbocycles. The summed E-state index contributed by atoms with van der Waals surface area (Å²) in [6.45, 7) is 0. The van der Waals surface area contributed by atoms with Crippen molar-refractivity contribution in [3.8, 4) is 11.3 Å². The van der Waals surface area contributed by atoms with Gasteiger partial charge in [0, 0.05) is 24.1 Å². The van der Waals surface area contributed by atoms with Gasteiger partial charge in [0.25, 0.3) is 0 Å². The van der Waals surface area contributed by atoms with Crippen LogP contribution in [0.5, 0.6) is 0 Å². The van der Waals surface area contributed by atoms with Crippen LogP contribution in [0.15, 0.2) is 40.8 Å². The quantitative estimate of drug-likeness (QED) is 0.648. The summed E-state index contributed by atoms with van der Waals surface area (Å²) < 4.78 is 5.66. The Balaban J connectivity index is 2.10. The molecule has 19 heavy (non-hydrogen) atoms. The number of nitrogens with two attached hydrogens (primary N) is 1. The Bertz CT molecular complexity index is 575.